The molecule has 2 aromatic heterocycles. The van der Waals surface area contributed by atoms with Gasteiger partial charge in [-0.25, -0.2) is 4.68 Å². The fraction of sp³-hybridized carbons (Fsp3) is 0.250. The van der Waals surface area contributed by atoms with E-state index < -0.39 is 0 Å². The van der Waals surface area contributed by atoms with Gasteiger partial charge in [-0.15, -0.1) is 0 Å². The van der Waals surface area contributed by atoms with Gasteiger partial charge in [0, 0.05) is 44.9 Å². The first-order valence-electron chi connectivity index (χ1n) is 8.53. The Bertz CT molecular complexity index is 832. The number of pyridine rings is 1. The number of benzene rings is 1. The summed E-state index contributed by atoms with van der Waals surface area (Å²) in [6.45, 7) is 1.62. The van der Waals surface area contributed by atoms with E-state index in [1.165, 1.54) is 0 Å². The topological polar surface area (TPSA) is 54.3 Å². The lowest BCUT2D eigenvalue weighted by atomic mass is 10.1. The van der Waals surface area contributed by atoms with Crippen LogP contribution >= 0.6 is 0 Å². The van der Waals surface area contributed by atoms with Gasteiger partial charge < -0.3 is 4.90 Å². The highest BCUT2D eigenvalue weighted by Gasteiger charge is 2.14. The van der Waals surface area contributed by atoms with E-state index in [9.17, 15) is 4.79 Å². The number of carbonyl (C=O) groups is 1. The summed E-state index contributed by atoms with van der Waals surface area (Å²) in [6.07, 6.45) is 7.19. The zero-order valence-corrected chi connectivity index (χ0v) is 15.1. The Hall–Kier alpha value is -2.99. The molecule has 0 aliphatic rings. The molecule has 2 heterocycles. The molecule has 3 aromatic rings. The molecule has 0 saturated carbocycles. The second kappa shape index (κ2) is 8.40. The lowest BCUT2D eigenvalue weighted by Gasteiger charge is -2.23. The van der Waals surface area contributed by atoms with E-state index in [0.29, 0.717) is 19.6 Å². The van der Waals surface area contributed by atoms with Crippen LogP contribution in [0, 0.1) is 0 Å². The van der Waals surface area contributed by atoms with E-state index in [4.69, 9.17) is 0 Å². The molecule has 0 saturated heterocycles. The SMILES string of the molecule is CN(CC(=O)N(C)Cc1ccccc1-n1cccn1)Cc1ccncc1. The van der Waals surface area contributed by atoms with Gasteiger partial charge in [0.05, 0.1) is 12.2 Å². The Balaban J connectivity index is 1.61. The minimum Gasteiger partial charge on any atom is -0.340 e. The van der Waals surface area contributed by atoms with Crippen LogP contribution in [0.5, 0.6) is 0 Å². The maximum Gasteiger partial charge on any atom is 0.236 e. The molecule has 0 unspecified atom stereocenters. The summed E-state index contributed by atoms with van der Waals surface area (Å²) in [7, 11) is 3.78. The zero-order valence-electron chi connectivity index (χ0n) is 15.1. The normalized spacial score (nSPS) is 10.9. The predicted octanol–water partition coefficient (Wildman–Crippen LogP) is 2.36. The van der Waals surface area contributed by atoms with Crippen molar-refractivity contribution in [2.24, 2.45) is 0 Å². The number of amides is 1. The average Bonchev–Trinajstić information content (AvgIpc) is 3.17. The Morgan fingerprint density at radius 2 is 1.77 bits per heavy atom. The third-order valence-corrected chi connectivity index (χ3v) is 4.18. The van der Waals surface area contributed by atoms with E-state index in [-0.39, 0.29) is 5.91 Å². The quantitative estimate of drug-likeness (QED) is 0.657. The zero-order chi connectivity index (χ0) is 18.4. The van der Waals surface area contributed by atoms with E-state index in [2.05, 4.69) is 10.1 Å². The van der Waals surface area contributed by atoms with Gasteiger partial charge in [0.2, 0.25) is 5.91 Å². The monoisotopic (exact) mass is 349 g/mol. The number of para-hydroxylation sites is 1. The summed E-state index contributed by atoms with van der Waals surface area (Å²) in [5, 5.41) is 4.29. The van der Waals surface area contributed by atoms with Crippen molar-refractivity contribution in [3.63, 3.8) is 0 Å². The third-order valence-electron chi connectivity index (χ3n) is 4.18. The van der Waals surface area contributed by atoms with Gasteiger partial charge in [0.1, 0.15) is 0 Å². The molecule has 1 amide bonds. The molecule has 1 aromatic carbocycles. The van der Waals surface area contributed by atoms with Crippen molar-refractivity contribution in [3.05, 3.63) is 78.4 Å². The molecule has 134 valence electrons. The van der Waals surface area contributed by atoms with Crippen molar-refractivity contribution >= 4 is 5.91 Å². The first-order valence-corrected chi connectivity index (χ1v) is 8.53. The van der Waals surface area contributed by atoms with Crippen molar-refractivity contribution < 1.29 is 4.79 Å². The minimum absolute atomic E-state index is 0.0804. The number of hydrogen-bond acceptors (Lipinski definition) is 4. The molecule has 0 aliphatic carbocycles. The summed E-state index contributed by atoms with van der Waals surface area (Å²) in [5.74, 6) is 0.0804. The van der Waals surface area contributed by atoms with Crippen molar-refractivity contribution in [2.45, 2.75) is 13.1 Å². The lowest BCUT2D eigenvalue weighted by Crippen LogP contribution is -2.36. The van der Waals surface area contributed by atoms with Crippen LogP contribution in [-0.4, -0.2) is 51.1 Å². The molecule has 6 heteroatoms. The van der Waals surface area contributed by atoms with Gasteiger partial charge in [-0.05, 0) is 42.4 Å². The maximum absolute atomic E-state index is 12.6. The molecule has 0 bridgehead atoms. The molecular weight excluding hydrogens is 326 g/mol. The first kappa shape index (κ1) is 17.8. The molecule has 0 fully saturated rings. The summed E-state index contributed by atoms with van der Waals surface area (Å²) in [4.78, 5) is 20.4. The van der Waals surface area contributed by atoms with Crippen molar-refractivity contribution in [1.82, 2.24) is 24.6 Å². The molecule has 0 spiro atoms. The Morgan fingerprint density at radius 3 is 2.50 bits per heavy atom. The van der Waals surface area contributed by atoms with E-state index in [1.807, 2.05) is 72.3 Å². The van der Waals surface area contributed by atoms with E-state index >= 15 is 0 Å². The number of aromatic nitrogens is 3. The molecule has 3 rings (SSSR count). The van der Waals surface area contributed by atoms with Crippen LogP contribution in [0.1, 0.15) is 11.1 Å². The minimum atomic E-state index is 0.0804. The van der Waals surface area contributed by atoms with Gasteiger partial charge in [-0.3, -0.25) is 14.7 Å². The highest BCUT2D eigenvalue weighted by Crippen LogP contribution is 2.15. The number of hydrogen-bond donors (Lipinski definition) is 0. The molecule has 6 nitrogen and oxygen atoms in total. The highest BCUT2D eigenvalue weighted by molar-refractivity contribution is 5.78. The summed E-state index contributed by atoms with van der Waals surface area (Å²) < 4.78 is 1.82. The Morgan fingerprint density at radius 1 is 1.00 bits per heavy atom. The van der Waals surface area contributed by atoms with Gasteiger partial charge >= 0.3 is 0 Å². The second-order valence-corrected chi connectivity index (χ2v) is 6.36. The fourth-order valence-electron chi connectivity index (χ4n) is 2.83. The van der Waals surface area contributed by atoms with E-state index in [1.54, 1.807) is 23.5 Å². The summed E-state index contributed by atoms with van der Waals surface area (Å²) in [5.41, 5.74) is 3.19. The number of carbonyl (C=O) groups excluding carboxylic acids is 1. The average molecular weight is 349 g/mol. The van der Waals surface area contributed by atoms with Crippen LogP contribution in [0.2, 0.25) is 0 Å². The standard InChI is InChI=1S/C20H23N5O/c1-23(14-17-8-11-21-12-9-17)16-20(26)24(2)15-18-6-3-4-7-19(18)25-13-5-10-22-25/h3-13H,14-16H2,1-2H3. The van der Waals surface area contributed by atoms with Gasteiger partial charge in [0.25, 0.3) is 0 Å². The molecule has 0 radical (unpaired) electrons. The van der Waals surface area contributed by atoms with Crippen LogP contribution in [0.15, 0.2) is 67.3 Å². The number of nitrogens with zero attached hydrogens (tertiary/aromatic N) is 5. The molecule has 0 atom stereocenters. The molecular formula is C20H23N5O. The molecule has 26 heavy (non-hydrogen) atoms. The number of likely N-dealkylation sites (N-methyl/N-ethyl adjacent to an activating group) is 2. The smallest absolute Gasteiger partial charge is 0.236 e. The summed E-state index contributed by atoms with van der Waals surface area (Å²) in [6, 6.07) is 13.8. The van der Waals surface area contributed by atoms with Crippen LogP contribution in [0.4, 0.5) is 0 Å². The second-order valence-electron chi connectivity index (χ2n) is 6.36. The maximum atomic E-state index is 12.6. The van der Waals surface area contributed by atoms with Crippen LogP contribution in [-0.2, 0) is 17.9 Å². The third kappa shape index (κ3) is 4.55. The van der Waals surface area contributed by atoms with Gasteiger partial charge in [0.15, 0.2) is 0 Å². The van der Waals surface area contributed by atoms with Crippen molar-refractivity contribution in [3.8, 4) is 5.69 Å². The van der Waals surface area contributed by atoms with Gasteiger partial charge in [-0.1, -0.05) is 18.2 Å². The first-order chi connectivity index (χ1) is 12.6. The molecule has 0 N–H and O–H groups in total. The Kier molecular flexibility index (Phi) is 5.76. The molecule has 0 aliphatic heterocycles. The van der Waals surface area contributed by atoms with Crippen molar-refractivity contribution in [1.29, 1.82) is 0 Å². The van der Waals surface area contributed by atoms with Crippen LogP contribution < -0.4 is 0 Å². The predicted molar refractivity (Wildman–Crippen MR) is 101 cm³/mol. The van der Waals surface area contributed by atoms with Crippen LogP contribution in [0.3, 0.4) is 0 Å². The summed E-state index contributed by atoms with van der Waals surface area (Å²) >= 11 is 0. The van der Waals surface area contributed by atoms with E-state index in [0.717, 1.165) is 16.8 Å². The number of rotatable bonds is 7. The van der Waals surface area contributed by atoms with Gasteiger partial charge in [-0.2, -0.15) is 5.10 Å². The largest absolute Gasteiger partial charge is 0.340 e. The van der Waals surface area contributed by atoms with Crippen LogP contribution in [0.25, 0.3) is 5.69 Å². The van der Waals surface area contributed by atoms with Crippen molar-refractivity contribution in [2.75, 3.05) is 20.6 Å². The Labute approximate surface area is 153 Å². The lowest BCUT2D eigenvalue weighted by molar-refractivity contribution is -0.131. The fourth-order valence-corrected chi connectivity index (χ4v) is 2.83. The highest BCUT2D eigenvalue weighted by atomic mass is 16.2.